The Morgan fingerprint density at radius 1 is 1.37 bits per heavy atom. The van der Waals surface area contributed by atoms with Crippen LogP contribution < -0.4 is 5.32 Å². The van der Waals surface area contributed by atoms with Crippen LogP contribution in [-0.2, 0) is 6.42 Å². The van der Waals surface area contributed by atoms with Crippen molar-refractivity contribution in [1.82, 2.24) is 15.3 Å². The van der Waals surface area contributed by atoms with E-state index in [2.05, 4.69) is 21.4 Å². The van der Waals surface area contributed by atoms with Crippen molar-refractivity contribution in [3.63, 3.8) is 0 Å². The Morgan fingerprint density at radius 2 is 2.26 bits per heavy atom. The van der Waals surface area contributed by atoms with E-state index in [0.29, 0.717) is 5.89 Å². The van der Waals surface area contributed by atoms with Gasteiger partial charge in [0, 0.05) is 26.1 Å². The van der Waals surface area contributed by atoms with Gasteiger partial charge >= 0.3 is 0 Å². The summed E-state index contributed by atoms with van der Waals surface area (Å²) in [6, 6.07) is 6.10. The quantitative estimate of drug-likeness (QED) is 0.794. The number of nitrogens with zero attached hydrogens (tertiary/aromatic N) is 2. The third-order valence-corrected chi connectivity index (χ3v) is 4.03. The zero-order valence-electron chi connectivity index (χ0n) is 10.9. The molecule has 0 radical (unpaired) electrons. The number of benzene rings is 1. The van der Waals surface area contributed by atoms with Gasteiger partial charge in [-0.25, -0.2) is 9.97 Å². The van der Waals surface area contributed by atoms with Crippen molar-refractivity contribution in [3.8, 4) is 10.4 Å². The molecule has 0 saturated carbocycles. The zero-order valence-corrected chi connectivity index (χ0v) is 11.8. The van der Waals surface area contributed by atoms with E-state index in [1.54, 1.807) is 11.3 Å². The summed E-state index contributed by atoms with van der Waals surface area (Å²) in [5, 5.41) is 4.29. The molecule has 98 valence electrons. The first-order valence-electron chi connectivity index (χ1n) is 6.23. The van der Waals surface area contributed by atoms with Gasteiger partial charge in [0.15, 0.2) is 11.5 Å². The van der Waals surface area contributed by atoms with Crippen LogP contribution in [0.25, 0.3) is 21.5 Å². The number of nitrogens with one attached hydrogen (secondary N) is 1. The maximum Gasteiger partial charge on any atom is 0.192 e. The molecule has 19 heavy (non-hydrogen) atoms. The first-order chi connectivity index (χ1) is 9.26. The van der Waals surface area contributed by atoms with E-state index in [-0.39, 0.29) is 0 Å². The molecule has 0 fully saturated rings. The van der Waals surface area contributed by atoms with Crippen molar-refractivity contribution < 1.29 is 4.42 Å². The number of rotatable bonds is 4. The lowest BCUT2D eigenvalue weighted by molar-refractivity contribution is 0.561. The molecule has 0 unspecified atom stereocenters. The summed E-state index contributed by atoms with van der Waals surface area (Å²) in [5.74, 6) is 0.700. The van der Waals surface area contributed by atoms with Crippen LogP contribution in [0.3, 0.4) is 0 Å². The van der Waals surface area contributed by atoms with Gasteiger partial charge in [-0.2, -0.15) is 0 Å². The predicted molar refractivity (Wildman–Crippen MR) is 77.5 cm³/mol. The first kappa shape index (κ1) is 12.3. The summed E-state index contributed by atoms with van der Waals surface area (Å²) in [6.07, 6.45) is 2.89. The SMILES string of the molecule is CNCCc1ncc(-c2ccc3nc(C)oc3c2)s1. The summed E-state index contributed by atoms with van der Waals surface area (Å²) in [5.41, 5.74) is 2.87. The fourth-order valence-corrected chi connectivity index (χ4v) is 2.90. The number of aromatic nitrogens is 2. The van der Waals surface area contributed by atoms with Crippen LogP contribution in [0.2, 0.25) is 0 Å². The van der Waals surface area contributed by atoms with Gasteiger partial charge in [0.2, 0.25) is 0 Å². The minimum atomic E-state index is 0.700. The number of hydrogen-bond acceptors (Lipinski definition) is 5. The zero-order chi connectivity index (χ0) is 13.2. The lowest BCUT2D eigenvalue weighted by atomic mass is 10.2. The fraction of sp³-hybridized carbons (Fsp3) is 0.286. The number of oxazole rings is 1. The highest BCUT2D eigenvalue weighted by atomic mass is 32.1. The summed E-state index contributed by atoms with van der Waals surface area (Å²) in [4.78, 5) is 9.92. The molecule has 3 aromatic rings. The highest BCUT2D eigenvalue weighted by Gasteiger charge is 2.08. The second-order valence-corrected chi connectivity index (χ2v) is 5.50. The van der Waals surface area contributed by atoms with Crippen molar-refractivity contribution >= 4 is 22.4 Å². The van der Waals surface area contributed by atoms with E-state index >= 15 is 0 Å². The van der Waals surface area contributed by atoms with Gasteiger partial charge in [-0.1, -0.05) is 6.07 Å². The molecule has 0 aliphatic rings. The molecule has 0 atom stereocenters. The van der Waals surface area contributed by atoms with E-state index in [0.717, 1.165) is 34.6 Å². The fourth-order valence-electron chi connectivity index (χ4n) is 1.98. The molecule has 0 aliphatic heterocycles. The molecule has 4 nitrogen and oxygen atoms in total. The second kappa shape index (κ2) is 5.11. The lowest BCUT2D eigenvalue weighted by Gasteiger charge is -1.96. The topological polar surface area (TPSA) is 51.0 Å². The molecule has 3 rings (SSSR count). The number of aryl methyl sites for hydroxylation is 1. The molecule has 0 bridgehead atoms. The van der Waals surface area contributed by atoms with Crippen LogP contribution in [0, 0.1) is 6.92 Å². The van der Waals surface area contributed by atoms with Crippen molar-refractivity contribution in [3.05, 3.63) is 35.3 Å². The Kier molecular flexibility index (Phi) is 3.31. The summed E-state index contributed by atoms with van der Waals surface area (Å²) >= 11 is 1.73. The molecule has 5 heteroatoms. The largest absolute Gasteiger partial charge is 0.441 e. The molecule has 2 aromatic heterocycles. The maximum atomic E-state index is 5.56. The van der Waals surface area contributed by atoms with E-state index in [4.69, 9.17) is 4.42 Å². The minimum absolute atomic E-state index is 0.700. The Bertz CT molecular complexity index is 702. The van der Waals surface area contributed by atoms with E-state index in [9.17, 15) is 0 Å². The Balaban J connectivity index is 1.92. The normalized spacial score (nSPS) is 11.3. The van der Waals surface area contributed by atoms with Crippen LogP contribution in [0.1, 0.15) is 10.9 Å². The van der Waals surface area contributed by atoms with Crippen LogP contribution in [0.5, 0.6) is 0 Å². The van der Waals surface area contributed by atoms with Gasteiger partial charge in [0.1, 0.15) is 5.52 Å². The van der Waals surface area contributed by atoms with E-state index in [1.807, 2.05) is 32.3 Å². The smallest absolute Gasteiger partial charge is 0.192 e. The summed E-state index contributed by atoms with van der Waals surface area (Å²) < 4.78 is 5.56. The molecule has 2 heterocycles. The molecule has 0 saturated heterocycles. The van der Waals surface area contributed by atoms with Crippen LogP contribution in [0.4, 0.5) is 0 Å². The highest BCUT2D eigenvalue weighted by Crippen LogP contribution is 2.29. The monoisotopic (exact) mass is 273 g/mol. The van der Waals surface area contributed by atoms with Crippen molar-refractivity contribution in [2.75, 3.05) is 13.6 Å². The Morgan fingerprint density at radius 3 is 3.11 bits per heavy atom. The number of likely N-dealkylation sites (N-methyl/N-ethyl adjacent to an activating group) is 1. The summed E-state index contributed by atoms with van der Waals surface area (Å²) in [6.45, 7) is 2.81. The number of thiazole rings is 1. The molecule has 1 N–H and O–H groups in total. The van der Waals surface area contributed by atoms with Gasteiger partial charge in [-0.05, 0) is 24.7 Å². The average molecular weight is 273 g/mol. The van der Waals surface area contributed by atoms with Gasteiger partial charge < -0.3 is 9.73 Å². The Labute approximate surface area is 115 Å². The lowest BCUT2D eigenvalue weighted by Crippen LogP contribution is -2.09. The van der Waals surface area contributed by atoms with E-state index < -0.39 is 0 Å². The molecular formula is C14H15N3OS. The van der Waals surface area contributed by atoms with Crippen molar-refractivity contribution in [2.24, 2.45) is 0 Å². The first-order valence-corrected chi connectivity index (χ1v) is 7.05. The third kappa shape index (κ3) is 2.52. The maximum absolute atomic E-state index is 5.56. The molecule has 0 aliphatic carbocycles. The highest BCUT2D eigenvalue weighted by molar-refractivity contribution is 7.15. The predicted octanol–water partition coefficient (Wildman–Crippen LogP) is 3.02. The van der Waals surface area contributed by atoms with Gasteiger partial charge in [-0.15, -0.1) is 11.3 Å². The summed E-state index contributed by atoms with van der Waals surface area (Å²) in [7, 11) is 1.95. The molecule has 1 aromatic carbocycles. The average Bonchev–Trinajstić information content (AvgIpc) is 3.00. The minimum Gasteiger partial charge on any atom is -0.441 e. The van der Waals surface area contributed by atoms with Gasteiger partial charge in [-0.3, -0.25) is 0 Å². The van der Waals surface area contributed by atoms with Gasteiger partial charge in [0.05, 0.1) is 9.88 Å². The second-order valence-electron chi connectivity index (χ2n) is 4.39. The Hall–Kier alpha value is -1.72. The van der Waals surface area contributed by atoms with Crippen LogP contribution in [0.15, 0.2) is 28.8 Å². The number of hydrogen-bond donors (Lipinski definition) is 1. The standard InChI is InChI=1S/C14H15N3OS/c1-9-17-11-4-3-10(7-12(11)18-9)13-8-16-14(19-13)5-6-15-2/h3-4,7-8,15H,5-6H2,1-2H3. The number of fused-ring (bicyclic) bond motifs is 1. The van der Waals surface area contributed by atoms with Crippen molar-refractivity contribution in [1.29, 1.82) is 0 Å². The van der Waals surface area contributed by atoms with Crippen molar-refractivity contribution in [2.45, 2.75) is 13.3 Å². The van der Waals surface area contributed by atoms with Gasteiger partial charge in [0.25, 0.3) is 0 Å². The van der Waals surface area contributed by atoms with Crippen LogP contribution >= 0.6 is 11.3 Å². The van der Waals surface area contributed by atoms with E-state index in [1.165, 1.54) is 4.88 Å². The molecule has 0 amide bonds. The third-order valence-electron chi connectivity index (χ3n) is 2.92. The molecular weight excluding hydrogens is 258 g/mol. The van der Waals surface area contributed by atoms with Crippen LogP contribution in [-0.4, -0.2) is 23.6 Å². The molecule has 0 spiro atoms.